The molecular formula is C34H38N2O6S. The van der Waals surface area contributed by atoms with Gasteiger partial charge in [0, 0.05) is 31.5 Å². The topological polar surface area (TPSA) is 98.9 Å². The molecule has 0 aliphatic carbocycles. The van der Waals surface area contributed by atoms with Gasteiger partial charge < -0.3 is 18.9 Å². The summed E-state index contributed by atoms with van der Waals surface area (Å²) in [6.07, 6.45) is 1.36. The van der Waals surface area contributed by atoms with E-state index in [1.165, 1.54) is 0 Å². The summed E-state index contributed by atoms with van der Waals surface area (Å²) >= 11 is 0. The van der Waals surface area contributed by atoms with Gasteiger partial charge in [0.05, 0.1) is 29.6 Å². The number of hydrogen-bond donors (Lipinski definition) is 0. The van der Waals surface area contributed by atoms with Crippen LogP contribution in [0.4, 0.5) is 0 Å². The zero-order valence-corrected chi connectivity index (χ0v) is 25.8. The Morgan fingerprint density at radius 2 is 1.74 bits per heavy atom. The van der Waals surface area contributed by atoms with E-state index in [1.807, 2.05) is 57.2 Å². The average molecular weight is 603 g/mol. The number of amides is 1. The second kappa shape index (κ2) is 13.6. The van der Waals surface area contributed by atoms with Gasteiger partial charge in [-0.1, -0.05) is 54.5 Å². The van der Waals surface area contributed by atoms with Gasteiger partial charge in [-0.25, -0.2) is 8.42 Å². The Kier molecular flexibility index (Phi) is 9.62. The maximum Gasteiger partial charge on any atom is 0.223 e. The van der Waals surface area contributed by atoms with Crippen molar-refractivity contribution >= 4 is 15.7 Å². The number of benzene rings is 3. The number of hydrogen-bond acceptors (Lipinski definition) is 7. The number of sulfone groups is 1. The number of aryl methyl sites for hydroxylation is 3. The first-order valence-corrected chi connectivity index (χ1v) is 16.3. The third-order valence-electron chi connectivity index (χ3n) is 7.76. The van der Waals surface area contributed by atoms with E-state index < -0.39 is 9.84 Å². The summed E-state index contributed by atoms with van der Waals surface area (Å²) in [6.45, 7) is 7.62. The fourth-order valence-electron chi connectivity index (χ4n) is 5.40. The zero-order chi connectivity index (χ0) is 30.4. The van der Waals surface area contributed by atoms with E-state index in [0.29, 0.717) is 39.3 Å². The molecule has 1 aliphatic heterocycles. The maximum absolute atomic E-state index is 13.3. The SMILES string of the molecule is CCc1ccc(S(=O)(=O)CCC(=O)N2CCOCCOc3ccc(-c4c(C)noc4C)cc3Cc3cccc(c3)C2)cc1. The summed E-state index contributed by atoms with van der Waals surface area (Å²) in [5.74, 6) is 1.10. The van der Waals surface area contributed by atoms with Crippen LogP contribution in [-0.4, -0.2) is 56.5 Å². The molecule has 1 aromatic heterocycles. The lowest BCUT2D eigenvalue weighted by atomic mass is 9.96. The highest BCUT2D eigenvalue weighted by Gasteiger charge is 2.21. The van der Waals surface area contributed by atoms with Gasteiger partial charge in [-0.05, 0) is 72.4 Å². The minimum absolute atomic E-state index is 0.0987. The van der Waals surface area contributed by atoms with E-state index in [1.54, 1.807) is 17.0 Å². The predicted octanol–water partition coefficient (Wildman–Crippen LogP) is 5.71. The molecule has 0 radical (unpaired) electrons. The molecule has 0 fully saturated rings. The standard InChI is InChI=1S/C34H38N2O6S/c1-4-26-8-11-31(12-9-26)43(38,39)19-14-33(37)36-15-16-40-17-18-41-32-13-10-29(34-24(2)35-42-25(34)3)22-30(32)21-27-6-5-7-28(20-27)23-36/h5-13,20,22H,4,14-19,21,23H2,1-3H3. The molecule has 0 atom stereocenters. The first-order valence-electron chi connectivity index (χ1n) is 14.7. The molecule has 0 N–H and O–H groups in total. The van der Waals surface area contributed by atoms with Crippen LogP contribution in [0.1, 0.15) is 47.1 Å². The van der Waals surface area contributed by atoms with Crippen molar-refractivity contribution in [2.75, 3.05) is 32.1 Å². The van der Waals surface area contributed by atoms with E-state index >= 15 is 0 Å². The lowest BCUT2D eigenvalue weighted by molar-refractivity contribution is -0.132. The second-order valence-corrected chi connectivity index (χ2v) is 13.0. The molecule has 9 heteroatoms. The van der Waals surface area contributed by atoms with Gasteiger partial charge in [0.15, 0.2) is 9.84 Å². The molecule has 0 spiro atoms. The normalized spacial score (nSPS) is 14.4. The Labute approximate surface area is 253 Å². The van der Waals surface area contributed by atoms with Crippen molar-refractivity contribution in [1.29, 1.82) is 0 Å². The third kappa shape index (κ3) is 7.53. The summed E-state index contributed by atoms with van der Waals surface area (Å²) in [5.41, 5.74) is 6.97. The summed E-state index contributed by atoms with van der Waals surface area (Å²) in [5, 5.41) is 4.11. The van der Waals surface area contributed by atoms with Crippen molar-refractivity contribution in [2.45, 2.75) is 51.5 Å². The lowest BCUT2D eigenvalue weighted by Crippen LogP contribution is -2.35. The molecule has 3 aromatic carbocycles. The van der Waals surface area contributed by atoms with Crippen LogP contribution < -0.4 is 4.74 Å². The molecule has 43 heavy (non-hydrogen) atoms. The van der Waals surface area contributed by atoms with Crippen molar-refractivity contribution in [3.8, 4) is 16.9 Å². The summed E-state index contributed by atoms with van der Waals surface area (Å²) in [4.78, 5) is 15.3. The Morgan fingerprint density at radius 1 is 0.953 bits per heavy atom. The first-order chi connectivity index (χ1) is 20.7. The van der Waals surface area contributed by atoms with Gasteiger partial charge in [0.1, 0.15) is 18.1 Å². The first kappa shape index (κ1) is 30.5. The number of ether oxygens (including phenoxy) is 2. The Hall–Kier alpha value is -3.95. The fourth-order valence-corrected chi connectivity index (χ4v) is 6.63. The molecule has 4 aromatic rings. The van der Waals surface area contributed by atoms with Crippen molar-refractivity contribution < 1.29 is 27.2 Å². The van der Waals surface area contributed by atoms with Crippen molar-refractivity contribution in [2.24, 2.45) is 0 Å². The van der Waals surface area contributed by atoms with Crippen molar-refractivity contribution in [3.05, 3.63) is 100 Å². The van der Waals surface area contributed by atoms with Crippen LogP contribution in [0, 0.1) is 13.8 Å². The average Bonchev–Trinajstić information content (AvgIpc) is 3.34. The molecule has 0 unspecified atom stereocenters. The number of fused-ring (bicyclic) bond motifs is 3. The van der Waals surface area contributed by atoms with E-state index in [9.17, 15) is 13.2 Å². The van der Waals surface area contributed by atoms with E-state index in [4.69, 9.17) is 14.0 Å². The van der Waals surface area contributed by atoms with Crippen LogP contribution >= 0.6 is 0 Å². The van der Waals surface area contributed by atoms with Crippen LogP contribution in [0.25, 0.3) is 11.1 Å². The molecule has 5 rings (SSSR count). The van der Waals surface area contributed by atoms with Gasteiger partial charge >= 0.3 is 0 Å². The highest BCUT2D eigenvalue weighted by atomic mass is 32.2. The van der Waals surface area contributed by atoms with Gasteiger partial charge in [0.2, 0.25) is 5.91 Å². The summed E-state index contributed by atoms with van der Waals surface area (Å²) in [7, 11) is -3.58. The highest BCUT2D eigenvalue weighted by Crippen LogP contribution is 2.32. The Bertz CT molecular complexity index is 1660. The Morgan fingerprint density at radius 3 is 2.49 bits per heavy atom. The van der Waals surface area contributed by atoms with Crippen LogP contribution in [0.3, 0.4) is 0 Å². The molecule has 0 saturated carbocycles. The van der Waals surface area contributed by atoms with Gasteiger partial charge in [-0.15, -0.1) is 0 Å². The molecule has 226 valence electrons. The third-order valence-corrected chi connectivity index (χ3v) is 9.49. The molecule has 1 aliphatic rings. The quantitative estimate of drug-likeness (QED) is 0.279. The number of carbonyl (C=O) groups excluding carboxylic acids is 1. The molecule has 0 saturated heterocycles. The predicted molar refractivity (Wildman–Crippen MR) is 165 cm³/mol. The van der Waals surface area contributed by atoms with Gasteiger partial charge in [0.25, 0.3) is 0 Å². The van der Waals surface area contributed by atoms with Crippen molar-refractivity contribution in [3.63, 3.8) is 0 Å². The number of rotatable bonds is 6. The molecule has 2 heterocycles. The zero-order valence-electron chi connectivity index (χ0n) is 25.0. The highest BCUT2D eigenvalue weighted by molar-refractivity contribution is 7.91. The van der Waals surface area contributed by atoms with Crippen LogP contribution in [0.15, 0.2) is 76.1 Å². The monoisotopic (exact) mass is 602 g/mol. The van der Waals surface area contributed by atoms with E-state index in [-0.39, 0.29) is 23.0 Å². The van der Waals surface area contributed by atoms with Crippen molar-refractivity contribution in [1.82, 2.24) is 10.1 Å². The Balaban J connectivity index is 1.35. The van der Waals surface area contributed by atoms with E-state index in [0.717, 1.165) is 57.0 Å². The molecule has 8 nitrogen and oxygen atoms in total. The van der Waals surface area contributed by atoms with E-state index in [2.05, 4.69) is 23.4 Å². The van der Waals surface area contributed by atoms with Gasteiger partial charge in [-0.3, -0.25) is 4.79 Å². The smallest absolute Gasteiger partial charge is 0.223 e. The second-order valence-electron chi connectivity index (χ2n) is 10.9. The molecule has 1 amide bonds. The van der Waals surface area contributed by atoms with Gasteiger partial charge in [-0.2, -0.15) is 0 Å². The molecular weight excluding hydrogens is 564 g/mol. The summed E-state index contributed by atoms with van der Waals surface area (Å²) in [6, 6.07) is 21.1. The molecule has 2 bridgehead atoms. The number of nitrogens with zero attached hydrogens (tertiary/aromatic N) is 2. The van der Waals surface area contributed by atoms with Crippen LogP contribution in [0.2, 0.25) is 0 Å². The summed E-state index contributed by atoms with van der Waals surface area (Å²) < 4.78 is 43.3. The minimum Gasteiger partial charge on any atom is -0.491 e. The fraction of sp³-hybridized carbons (Fsp3) is 0.353. The lowest BCUT2D eigenvalue weighted by Gasteiger charge is -2.24. The minimum atomic E-state index is -3.58. The number of aromatic nitrogens is 1. The van der Waals surface area contributed by atoms with Crippen LogP contribution in [0.5, 0.6) is 5.75 Å². The maximum atomic E-state index is 13.3. The van der Waals surface area contributed by atoms with Crippen LogP contribution in [-0.2, 0) is 38.8 Å². The number of carbonyl (C=O) groups is 1. The largest absolute Gasteiger partial charge is 0.491 e.